The molecule has 0 atom stereocenters. The van der Waals surface area contributed by atoms with E-state index in [0.717, 1.165) is 16.8 Å². The minimum atomic E-state index is -3.48. The number of sulfonamides is 1. The molecule has 0 fully saturated rings. The summed E-state index contributed by atoms with van der Waals surface area (Å²) in [6.45, 7) is 0.320. The summed E-state index contributed by atoms with van der Waals surface area (Å²) in [5.41, 5.74) is 2.80. The van der Waals surface area contributed by atoms with Crippen molar-refractivity contribution in [2.24, 2.45) is 0 Å². The largest absolute Gasteiger partial charge is 0.378 e. The Bertz CT molecular complexity index is 798. The molecule has 128 valence electrons. The van der Waals surface area contributed by atoms with Crippen molar-refractivity contribution in [3.63, 3.8) is 0 Å². The molecule has 0 unspecified atom stereocenters. The van der Waals surface area contributed by atoms with Gasteiger partial charge in [-0.25, -0.2) is 8.42 Å². The van der Waals surface area contributed by atoms with Crippen LogP contribution >= 0.6 is 11.6 Å². The number of hydrogen-bond acceptors (Lipinski definition) is 3. The van der Waals surface area contributed by atoms with Crippen LogP contribution in [-0.2, 0) is 16.6 Å². The third kappa shape index (κ3) is 5.09. The zero-order chi connectivity index (χ0) is 17.7. The fraction of sp³-hybridized carbons (Fsp3) is 0.222. The molecule has 0 aliphatic heterocycles. The Morgan fingerprint density at radius 2 is 1.54 bits per heavy atom. The molecule has 2 rings (SSSR count). The molecule has 0 aromatic heterocycles. The molecule has 6 heteroatoms. The van der Waals surface area contributed by atoms with Crippen LogP contribution in [0.25, 0.3) is 6.08 Å². The van der Waals surface area contributed by atoms with Crippen LogP contribution in [-0.4, -0.2) is 33.9 Å². The van der Waals surface area contributed by atoms with E-state index in [-0.39, 0.29) is 0 Å². The fourth-order valence-corrected chi connectivity index (χ4v) is 3.08. The van der Waals surface area contributed by atoms with E-state index in [2.05, 4.69) is 0 Å². The normalized spacial score (nSPS) is 12.0. The van der Waals surface area contributed by atoms with Crippen LogP contribution in [0.4, 0.5) is 5.69 Å². The lowest BCUT2D eigenvalue weighted by atomic mass is 10.2. The van der Waals surface area contributed by atoms with Gasteiger partial charge in [-0.05, 0) is 41.5 Å². The Morgan fingerprint density at radius 3 is 2.08 bits per heavy atom. The molecule has 0 saturated carbocycles. The average Bonchev–Trinajstić information content (AvgIpc) is 2.55. The van der Waals surface area contributed by atoms with Crippen LogP contribution in [0.15, 0.2) is 53.9 Å². The van der Waals surface area contributed by atoms with Crippen LogP contribution in [0.3, 0.4) is 0 Å². The third-order valence-electron chi connectivity index (χ3n) is 3.59. The summed E-state index contributed by atoms with van der Waals surface area (Å²) in [4.78, 5) is 2.00. The van der Waals surface area contributed by atoms with Gasteiger partial charge < -0.3 is 4.90 Å². The van der Waals surface area contributed by atoms with Gasteiger partial charge in [0.1, 0.15) is 0 Å². The molecule has 0 spiro atoms. The Kier molecular flexibility index (Phi) is 6.04. The van der Waals surface area contributed by atoms with Crippen LogP contribution in [0.2, 0.25) is 5.02 Å². The first kappa shape index (κ1) is 18.5. The number of anilines is 1. The molecule has 0 radical (unpaired) electrons. The second-order valence-electron chi connectivity index (χ2n) is 5.72. The zero-order valence-corrected chi connectivity index (χ0v) is 15.6. The van der Waals surface area contributed by atoms with Gasteiger partial charge in [-0.15, -0.1) is 0 Å². The van der Waals surface area contributed by atoms with E-state index in [1.807, 2.05) is 43.3 Å². The van der Waals surface area contributed by atoms with Gasteiger partial charge in [-0.2, -0.15) is 4.31 Å². The molecule has 0 heterocycles. The summed E-state index contributed by atoms with van der Waals surface area (Å²) < 4.78 is 26.0. The number of halogens is 1. The quantitative estimate of drug-likeness (QED) is 0.782. The van der Waals surface area contributed by atoms with E-state index < -0.39 is 10.0 Å². The number of rotatable bonds is 6. The van der Waals surface area contributed by atoms with E-state index in [1.54, 1.807) is 37.4 Å². The highest BCUT2D eigenvalue weighted by atomic mass is 35.5. The highest BCUT2D eigenvalue weighted by Crippen LogP contribution is 2.16. The number of hydrogen-bond donors (Lipinski definition) is 0. The van der Waals surface area contributed by atoms with Crippen molar-refractivity contribution in [2.75, 3.05) is 26.0 Å². The van der Waals surface area contributed by atoms with Gasteiger partial charge in [0.2, 0.25) is 10.0 Å². The van der Waals surface area contributed by atoms with Crippen molar-refractivity contribution in [2.45, 2.75) is 6.54 Å². The van der Waals surface area contributed by atoms with E-state index in [1.165, 1.54) is 9.71 Å². The minimum Gasteiger partial charge on any atom is -0.378 e. The number of benzene rings is 2. The second-order valence-corrected chi connectivity index (χ2v) is 8.08. The maximum Gasteiger partial charge on any atom is 0.236 e. The van der Waals surface area contributed by atoms with Gasteiger partial charge in [0, 0.05) is 43.8 Å². The molecular weight excluding hydrogens is 344 g/mol. The highest BCUT2D eigenvalue weighted by molar-refractivity contribution is 7.92. The first-order valence-electron chi connectivity index (χ1n) is 7.44. The van der Waals surface area contributed by atoms with Crippen molar-refractivity contribution in [1.29, 1.82) is 0 Å². The van der Waals surface area contributed by atoms with E-state index >= 15 is 0 Å². The molecular formula is C18H21ClN2O2S. The molecule has 2 aromatic carbocycles. The van der Waals surface area contributed by atoms with Gasteiger partial charge in [0.25, 0.3) is 0 Å². The molecule has 0 aliphatic carbocycles. The first-order valence-corrected chi connectivity index (χ1v) is 9.32. The standard InChI is InChI=1S/C18H21ClN2O2S/c1-20(2)18-10-6-16(7-11-18)14-21(3)24(22,23)13-12-15-4-8-17(19)9-5-15/h4-13H,14H2,1-3H3. The van der Waals surface area contributed by atoms with Crippen LogP contribution < -0.4 is 4.90 Å². The summed E-state index contributed by atoms with van der Waals surface area (Å²) in [7, 11) is 2.02. The lowest BCUT2D eigenvalue weighted by molar-refractivity contribution is 0.475. The van der Waals surface area contributed by atoms with Gasteiger partial charge >= 0.3 is 0 Å². The fourth-order valence-electron chi connectivity index (χ4n) is 2.09. The molecule has 2 aromatic rings. The third-order valence-corrected chi connectivity index (χ3v) is 5.32. The van der Waals surface area contributed by atoms with Gasteiger partial charge in [0.05, 0.1) is 0 Å². The average molecular weight is 365 g/mol. The topological polar surface area (TPSA) is 40.6 Å². The predicted octanol–water partition coefficient (Wildman–Crippen LogP) is 3.84. The Labute approximate surface area is 149 Å². The molecule has 0 N–H and O–H groups in total. The molecule has 24 heavy (non-hydrogen) atoms. The Balaban J connectivity index is 2.06. The van der Waals surface area contributed by atoms with E-state index in [0.29, 0.717) is 11.6 Å². The van der Waals surface area contributed by atoms with Crippen molar-refractivity contribution in [3.05, 3.63) is 70.1 Å². The predicted molar refractivity (Wildman–Crippen MR) is 102 cm³/mol. The monoisotopic (exact) mass is 364 g/mol. The second kappa shape index (κ2) is 7.83. The van der Waals surface area contributed by atoms with Crippen molar-refractivity contribution in [1.82, 2.24) is 4.31 Å². The molecule has 4 nitrogen and oxygen atoms in total. The van der Waals surface area contributed by atoms with E-state index in [9.17, 15) is 8.42 Å². The molecule has 0 saturated heterocycles. The van der Waals surface area contributed by atoms with Crippen LogP contribution in [0, 0.1) is 0 Å². The van der Waals surface area contributed by atoms with Crippen LogP contribution in [0.1, 0.15) is 11.1 Å². The summed E-state index contributed by atoms with van der Waals surface area (Å²) in [5, 5.41) is 1.83. The zero-order valence-electron chi connectivity index (χ0n) is 14.0. The Hall–Kier alpha value is -1.82. The SMILES string of the molecule is CN(C)c1ccc(CN(C)S(=O)(=O)C=Cc2ccc(Cl)cc2)cc1. The summed E-state index contributed by atoms with van der Waals surface area (Å²) in [6.07, 6.45) is 1.57. The maximum atomic E-state index is 12.4. The van der Waals surface area contributed by atoms with Gasteiger partial charge in [0.15, 0.2) is 0 Å². The minimum absolute atomic E-state index is 0.320. The smallest absolute Gasteiger partial charge is 0.236 e. The maximum absolute atomic E-state index is 12.4. The summed E-state index contributed by atoms with van der Waals surface area (Å²) in [6, 6.07) is 14.8. The highest BCUT2D eigenvalue weighted by Gasteiger charge is 2.14. The van der Waals surface area contributed by atoms with Crippen molar-refractivity contribution < 1.29 is 8.42 Å². The number of nitrogens with zero attached hydrogens (tertiary/aromatic N) is 2. The summed E-state index contributed by atoms with van der Waals surface area (Å²) >= 11 is 5.82. The lowest BCUT2D eigenvalue weighted by Crippen LogP contribution is -2.24. The van der Waals surface area contributed by atoms with E-state index in [4.69, 9.17) is 11.6 Å². The lowest BCUT2D eigenvalue weighted by Gasteiger charge is -2.16. The molecule has 0 bridgehead atoms. The van der Waals surface area contributed by atoms with Crippen LogP contribution in [0.5, 0.6) is 0 Å². The van der Waals surface area contributed by atoms with Gasteiger partial charge in [-0.1, -0.05) is 35.9 Å². The van der Waals surface area contributed by atoms with Crippen molar-refractivity contribution >= 4 is 33.4 Å². The summed E-state index contributed by atoms with van der Waals surface area (Å²) in [5.74, 6) is 0. The molecule has 0 amide bonds. The first-order chi connectivity index (χ1) is 11.3. The molecule has 0 aliphatic rings. The van der Waals surface area contributed by atoms with Crippen molar-refractivity contribution in [3.8, 4) is 0 Å². The van der Waals surface area contributed by atoms with Gasteiger partial charge in [-0.3, -0.25) is 0 Å². The Morgan fingerprint density at radius 1 is 0.958 bits per heavy atom.